The number of alkyl halides is 3. The van der Waals surface area contributed by atoms with Crippen molar-refractivity contribution < 1.29 is 27.3 Å². The van der Waals surface area contributed by atoms with Gasteiger partial charge in [-0.15, -0.1) is 0 Å². The first-order valence-corrected chi connectivity index (χ1v) is 6.80. The summed E-state index contributed by atoms with van der Waals surface area (Å²) in [6, 6.07) is 3.80. The highest BCUT2D eigenvalue weighted by Gasteiger charge is 2.28. The molecule has 1 N–H and O–H groups in total. The molecule has 0 aromatic heterocycles. The van der Waals surface area contributed by atoms with E-state index in [9.17, 15) is 22.2 Å². The van der Waals surface area contributed by atoms with Gasteiger partial charge in [-0.25, -0.2) is 4.79 Å². The molecule has 0 aliphatic carbocycles. The summed E-state index contributed by atoms with van der Waals surface area (Å²) < 4.78 is 47.8. The highest BCUT2D eigenvalue weighted by atomic mass is 79.9. The van der Waals surface area contributed by atoms with Crippen LogP contribution in [0.1, 0.15) is 16.8 Å². The summed E-state index contributed by atoms with van der Waals surface area (Å²) in [5, 5.41) is 8.82. The van der Waals surface area contributed by atoms with E-state index < -0.39 is 35.1 Å². The Morgan fingerprint density at radius 1 is 1.39 bits per heavy atom. The van der Waals surface area contributed by atoms with Crippen LogP contribution in [0.5, 0.6) is 0 Å². The van der Waals surface area contributed by atoms with E-state index >= 15 is 0 Å². The zero-order chi connectivity index (χ0) is 13.9. The Labute approximate surface area is 112 Å². The van der Waals surface area contributed by atoms with E-state index in [1.807, 2.05) is 0 Å². The zero-order valence-corrected chi connectivity index (χ0v) is 11.2. The molecule has 0 fully saturated rings. The maximum Gasteiger partial charge on any atom is 0.390 e. The van der Waals surface area contributed by atoms with E-state index in [1.165, 1.54) is 12.1 Å². The van der Waals surface area contributed by atoms with Gasteiger partial charge in [-0.05, 0) is 34.1 Å². The second-order valence-electron chi connectivity index (χ2n) is 3.36. The number of carbonyl (C=O) groups is 1. The van der Waals surface area contributed by atoms with Gasteiger partial charge in [0.2, 0.25) is 0 Å². The first-order chi connectivity index (χ1) is 8.20. The highest BCUT2D eigenvalue weighted by Crippen LogP contribution is 2.23. The normalized spacial score (nSPS) is 13.3. The number of aromatic carboxylic acids is 1. The average molecular weight is 345 g/mol. The Bertz CT molecular complexity index is 488. The van der Waals surface area contributed by atoms with Crippen LogP contribution in [-0.4, -0.2) is 27.2 Å². The summed E-state index contributed by atoms with van der Waals surface area (Å²) in [4.78, 5) is 10.9. The van der Waals surface area contributed by atoms with Crippen molar-refractivity contribution in [2.75, 3.05) is 5.75 Å². The fourth-order valence-corrected chi connectivity index (χ4v) is 2.67. The summed E-state index contributed by atoms with van der Waals surface area (Å²) in [6.07, 6.45) is -5.54. The van der Waals surface area contributed by atoms with Crippen LogP contribution in [0.2, 0.25) is 0 Å². The van der Waals surface area contributed by atoms with Crippen LogP contribution in [0.15, 0.2) is 27.6 Å². The molecule has 18 heavy (non-hydrogen) atoms. The van der Waals surface area contributed by atoms with Crippen LogP contribution in [0.25, 0.3) is 0 Å². The Hall–Kier alpha value is -0.890. The minimum Gasteiger partial charge on any atom is -0.478 e. The predicted octanol–water partition coefficient (Wildman–Crippen LogP) is 3.21. The predicted molar refractivity (Wildman–Crippen MR) is 63.0 cm³/mol. The van der Waals surface area contributed by atoms with Crippen LogP contribution in [0.4, 0.5) is 13.2 Å². The van der Waals surface area contributed by atoms with Crippen molar-refractivity contribution in [1.82, 2.24) is 0 Å². The van der Waals surface area contributed by atoms with Crippen LogP contribution >= 0.6 is 15.9 Å². The molecule has 0 aliphatic rings. The molecule has 0 aliphatic heterocycles. The van der Waals surface area contributed by atoms with Gasteiger partial charge in [0.15, 0.2) is 0 Å². The van der Waals surface area contributed by atoms with E-state index in [0.717, 1.165) is 6.07 Å². The summed E-state index contributed by atoms with van der Waals surface area (Å²) in [6.45, 7) is 0. The van der Waals surface area contributed by atoms with Crippen LogP contribution in [0, 0.1) is 0 Å². The zero-order valence-electron chi connectivity index (χ0n) is 8.83. The molecule has 1 rings (SSSR count). The number of halogens is 4. The fourth-order valence-electron chi connectivity index (χ4n) is 1.14. The molecule has 0 radical (unpaired) electrons. The molecule has 1 aromatic rings. The molecule has 0 bridgehead atoms. The van der Waals surface area contributed by atoms with E-state index in [4.69, 9.17) is 5.11 Å². The topological polar surface area (TPSA) is 54.4 Å². The van der Waals surface area contributed by atoms with Gasteiger partial charge >= 0.3 is 12.1 Å². The lowest BCUT2D eigenvalue weighted by molar-refractivity contribution is -0.129. The van der Waals surface area contributed by atoms with E-state index in [2.05, 4.69) is 15.9 Å². The highest BCUT2D eigenvalue weighted by molar-refractivity contribution is 9.10. The summed E-state index contributed by atoms with van der Waals surface area (Å²) in [5.74, 6) is -1.82. The summed E-state index contributed by atoms with van der Waals surface area (Å²) in [7, 11) is -1.87. The molecule has 100 valence electrons. The molecule has 1 atom stereocenters. The number of hydrogen-bond donors (Lipinski definition) is 1. The molecule has 0 spiro atoms. The molecular weight excluding hydrogens is 337 g/mol. The molecule has 3 nitrogen and oxygen atoms in total. The molecule has 1 unspecified atom stereocenters. The van der Waals surface area contributed by atoms with Crippen molar-refractivity contribution in [3.8, 4) is 0 Å². The molecule has 0 amide bonds. The molecule has 0 saturated heterocycles. The van der Waals surface area contributed by atoms with E-state index in [-0.39, 0.29) is 14.9 Å². The van der Waals surface area contributed by atoms with Crippen LogP contribution in [0.3, 0.4) is 0 Å². The van der Waals surface area contributed by atoms with Crippen molar-refractivity contribution in [2.24, 2.45) is 0 Å². The van der Waals surface area contributed by atoms with Gasteiger partial charge in [0.05, 0.1) is 22.8 Å². The summed E-state index contributed by atoms with van der Waals surface area (Å²) in [5.41, 5.74) is -0.132. The number of rotatable bonds is 4. The standard InChI is InChI=1S/C10H8BrF3O3S/c11-8-2-1-6(5-7(8)9(15)16)18(17)4-3-10(12,13)14/h1-2,5H,3-4H2,(H,15,16). The Morgan fingerprint density at radius 3 is 2.50 bits per heavy atom. The SMILES string of the molecule is O=C(O)c1cc(S(=O)CCC(F)(F)F)ccc1Br. The second-order valence-corrected chi connectivity index (χ2v) is 5.79. The fraction of sp³-hybridized carbons (Fsp3) is 0.300. The Morgan fingerprint density at radius 2 is 2.00 bits per heavy atom. The first-order valence-electron chi connectivity index (χ1n) is 4.68. The number of hydrogen-bond acceptors (Lipinski definition) is 2. The third kappa shape index (κ3) is 4.41. The first kappa shape index (κ1) is 15.2. The molecule has 1 aromatic carbocycles. The molecule has 0 saturated carbocycles. The van der Waals surface area contributed by atoms with Crippen LogP contribution < -0.4 is 0 Å². The van der Waals surface area contributed by atoms with Gasteiger partial charge in [-0.3, -0.25) is 4.21 Å². The van der Waals surface area contributed by atoms with Gasteiger partial charge in [0, 0.05) is 15.1 Å². The smallest absolute Gasteiger partial charge is 0.390 e. The van der Waals surface area contributed by atoms with Gasteiger partial charge in [-0.2, -0.15) is 13.2 Å². The summed E-state index contributed by atoms with van der Waals surface area (Å²) >= 11 is 2.99. The minimum atomic E-state index is -4.37. The number of carboxylic acids is 1. The van der Waals surface area contributed by atoms with Crippen molar-refractivity contribution in [3.05, 3.63) is 28.2 Å². The average Bonchev–Trinajstić information content (AvgIpc) is 2.25. The lowest BCUT2D eigenvalue weighted by atomic mass is 10.2. The van der Waals surface area contributed by atoms with Crippen molar-refractivity contribution in [1.29, 1.82) is 0 Å². The van der Waals surface area contributed by atoms with Crippen molar-refractivity contribution >= 4 is 32.7 Å². The number of carboxylic acid groups (broad SMARTS) is 1. The molecule has 0 heterocycles. The van der Waals surface area contributed by atoms with Gasteiger partial charge < -0.3 is 5.11 Å². The van der Waals surface area contributed by atoms with Gasteiger partial charge in [-0.1, -0.05) is 0 Å². The molecular formula is C10H8BrF3O3S. The van der Waals surface area contributed by atoms with E-state index in [0.29, 0.717) is 0 Å². The van der Waals surface area contributed by atoms with E-state index in [1.54, 1.807) is 0 Å². The maximum absolute atomic E-state index is 12.0. The van der Waals surface area contributed by atoms with Gasteiger partial charge in [0.25, 0.3) is 0 Å². The lowest BCUT2D eigenvalue weighted by Crippen LogP contribution is -2.13. The monoisotopic (exact) mass is 344 g/mol. The van der Waals surface area contributed by atoms with Crippen LogP contribution in [-0.2, 0) is 10.8 Å². The largest absolute Gasteiger partial charge is 0.478 e. The number of benzene rings is 1. The third-order valence-electron chi connectivity index (χ3n) is 2.00. The Balaban J connectivity index is 2.87. The third-order valence-corrected chi connectivity index (χ3v) is 4.05. The lowest BCUT2D eigenvalue weighted by Gasteiger charge is -2.07. The van der Waals surface area contributed by atoms with Crippen molar-refractivity contribution in [3.63, 3.8) is 0 Å². The van der Waals surface area contributed by atoms with Crippen molar-refractivity contribution in [2.45, 2.75) is 17.5 Å². The quantitative estimate of drug-likeness (QED) is 0.912. The minimum absolute atomic E-state index is 0.0693. The van der Waals surface area contributed by atoms with Gasteiger partial charge in [0.1, 0.15) is 0 Å². The maximum atomic E-state index is 12.0. The Kier molecular flexibility index (Phi) is 4.92. The second kappa shape index (κ2) is 5.83. The molecule has 8 heteroatoms.